The largest absolute Gasteiger partial charge is 0.494 e. The average molecular weight is 243 g/mol. The lowest BCUT2D eigenvalue weighted by atomic mass is 10.1. The van der Waals surface area contributed by atoms with Crippen molar-refractivity contribution >= 4 is 10.8 Å². The second kappa shape index (κ2) is 6.41. The molecule has 0 aliphatic rings. The minimum absolute atomic E-state index is 0.798. The Kier molecular flexibility index (Phi) is 4.59. The number of nitrogens with zero attached hydrogens (tertiary/aromatic N) is 1. The Balaban J connectivity index is 1.84. The second-order valence-electron chi connectivity index (χ2n) is 4.87. The van der Waals surface area contributed by atoms with Crippen LogP contribution in [0.1, 0.15) is 12.8 Å². The van der Waals surface area contributed by atoms with Gasteiger partial charge in [-0.25, -0.2) is 0 Å². The van der Waals surface area contributed by atoms with Crippen molar-refractivity contribution in [3.63, 3.8) is 0 Å². The second-order valence-corrected chi connectivity index (χ2v) is 4.87. The smallest absolute Gasteiger partial charge is 0.119 e. The molecule has 2 rings (SSSR count). The first-order chi connectivity index (χ1) is 8.75. The van der Waals surface area contributed by atoms with Crippen LogP contribution in [-0.4, -0.2) is 32.1 Å². The Morgan fingerprint density at radius 2 is 1.72 bits per heavy atom. The number of hydrogen-bond donors (Lipinski definition) is 0. The first-order valence-electron chi connectivity index (χ1n) is 6.52. The maximum absolute atomic E-state index is 5.78. The lowest BCUT2D eigenvalue weighted by Gasteiger charge is -2.10. The van der Waals surface area contributed by atoms with Gasteiger partial charge in [-0.05, 0) is 56.4 Å². The zero-order valence-corrected chi connectivity index (χ0v) is 11.2. The van der Waals surface area contributed by atoms with Gasteiger partial charge in [-0.1, -0.05) is 30.3 Å². The number of hydrogen-bond acceptors (Lipinski definition) is 2. The number of ether oxygens (including phenoxy) is 1. The molecule has 0 atom stereocenters. The Hall–Kier alpha value is -1.54. The predicted octanol–water partition coefficient (Wildman–Crippen LogP) is 3.56. The Morgan fingerprint density at radius 1 is 0.944 bits per heavy atom. The zero-order valence-electron chi connectivity index (χ0n) is 11.2. The molecule has 2 nitrogen and oxygen atoms in total. The van der Waals surface area contributed by atoms with Gasteiger partial charge in [0.1, 0.15) is 5.75 Å². The van der Waals surface area contributed by atoms with Crippen LogP contribution in [0.4, 0.5) is 0 Å². The molecule has 96 valence electrons. The van der Waals surface area contributed by atoms with Gasteiger partial charge in [0.05, 0.1) is 6.61 Å². The van der Waals surface area contributed by atoms with E-state index in [1.807, 2.05) is 6.07 Å². The topological polar surface area (TPSA) is 12.5 Å². The van der Waals surface area contributed by atoms with E-state index in [9.17, 15) is 0 Å². The Labute approximate surface area is 109 Å². The number of unbranched alkanes of at least 4 members (excludes halogenated alkanes) is 1. The van der Waals surface area contributed by atoms with Gasteiger partial charge in [-0.15, -0.1) is 0 Å². The number of benzene rings is 2. The van der Waals surface area contributed by atoms with Crippen LogP contribution in [0.25, 0.3) is 10.8 Å². The van der Waals surface area contributed by atoms with E-state index in [0.717, 1.165) is 25.3 Å². The third-order valence-corrected chi connectivity index (χ3v) is 2.99. The maximum Gasteiger partial charge on any atom is 0.119 e. The van der Waals surface area contributed by atoms with Gasteiger partial charge in [0, 0.05) is 0 Å². The predicted molar refractivity (Wildman–Crippen MR) is 77.2 cm³/mol. The molecule has 0 fully saturated rings. The summed E-state index contributed by atoms with van der Waals surface area (Å²) in [7, 11) is 4.20. The third-order valence-electron chi connectivity index (χ3n) is 2.99. The molecule has 2 heteroatoms. The maximum atomic E-state index is 5.78. The summed E-state index contributed by atoms with van der Waals surface area (Å²) in [5.74, 6) is 0.971. The Morgan fingerprint density at radius 3 is 2.50 bits per heavy atom. The first-order valence-corrected chi connectivity index (χ1v) is 6.52. The van der Waals surface area contributed by atoms with Crippen LogP contribution >= 0.6 is 0 Å². The highest BCUT2D eigenvalue weighted by molar-refractivity contribution is 5.83. The van der Waals surface area contributed by atoms with Crippen molar-refractivity contribution in [2.24, 2.45) is 0 Å². The summed E-state index contributed by atoms with van der Waals surface area (Å²) >= 11 is 0. The highest BCUT2D eigenvalue weighted by Crippen LogP contribution is 2.20. The summed E-state index contributed by atoms with van der Waals surface area (Å²) in [6.07, 6.45) is 2.28. The molecule has 2 aromatic carbocycles. The quantitative estimate of drug-likeness (QED) is 0.719. The third kappa shape index (κ3) is 3.74. The molecular weight excluding hydrogens is 222 g/mol. The van der Waals surface area contributed by atoms with Gasteiger partial charge in [0.25, 0.3) is 0 Å². The summed E-state index contributed by atoms with van der Waals surface area (Å²) in [5, 5.41) is 2.50. The minimum atomic E-state index is 0.798. The van der Waals surface area contributed by atoms with E-state index in [1.165, 1.54) is 17.2 Å². The molecule has 0 bridgehead atoms. The molecule has 0 N–H and O–H groups in total. The lowest BCUT2D eigenvalue weighted by Crippen LogP contribution is -2.13. The zero-order chi connectivity index (χ0) is 12.8. The van der Waals surface area contributed by atoms with E-state index in [-0.39, 0.29) is 0 Å². The van der Waals surface area contributed by atoms with E-state index < -0.39 is 0 Å². The average Bonchev–Trinajstić information content (AvgIpc) is 2.38. The van der Waals surface area contributed by atoms with Gasteiger partial charge in [0.2, 0.25) is 0 Å². The normalized spacial score (nSPS) is 11.1. The van der Waals surface area contributed by atoms with Crippen molar-refractivity contribution in [3.8, 4) is 5.75 Å². The molecule has 0 saturated heterocycles. The van der Waals surface area contributed by atoms with Crippen LogP contribution in [0.3, 0.4) is 0 Å². The molecule has 0 spiro atoms. The molecular formula is C16H21NO. The molecule has 0 aliphatic carbocycles. The molecule has 0 unspecified atom stereocenters. The van der Waals surface area contributed by atoms with Crippen LogP contribution in [-0.2, 0) is 0 Å². The standard InChI is InChI=1S/C16H21NO/c1-17(2)11-5-6-12-18-16-10-9-14-7-3-4-8-15(14)13-16/h3-4,7-10,13H,5-6,11-12H2,1-2H3. The van der Waals surface area contributed by atoms with Gasteiger partial charge >= 0.3 is 0 Å². The van der Waals surface area contributed by atoms with Crippen molar-refractivity contribution in [1.29, 1.82) is 0 Å². The van der Waals surface area contributed by atoms with E-state index in [2.05, 4.69) is 55.4 Å². The SMILES string of the molecule is CN(C)CCCCOc1ccc2ccccc2c1. The van der Waals surface area contributed by atoms with Crippen molar-refractivity contribution in [2.75, 3.05) is 27.2 Å². The highest BCUT2D eigenvalue weighted by Gasteiger charge is 1.97. The fourth-order valence-corrected chi connectivity index (χ4v) is 1.98. The minimum Gasteiger partial charge on any atom is -0.494 e. The van der Waals surface area contributed by atoms with Gasteiger partial charge in [0.15, 0.2) is 0 Å². The number of rotatable bonds is 6. The summed E-state index contributed by atoms with van der Waals surface area (Å²) in [5.41, 5.74) is 0. The summed E-state index contributed by atoms with van der Waals surface area (Å²) in [6, 6.07) is 14.6. The van der Waals surface area contributed by atoms with Crippen LogP contribution in [0, 0.1) is 0 Å². The fraction of sp³-hybridized carbons (Fsp3) is 0.375. The van der Waals surface area contributed by atoms with Crippen LogP contribution < -0.4 is 4.74 Å². The van der Waals surface area contributed by atoms with Crippen LogP contribution in [0.5, 0.6) is 5.75 Å². The van der Waals surface area contributed by atoms with E-state index in [0.29, 0.717) is 0 Å². The van der Waals surface area contributed by atoms with Crippen molar-refractivity contribution in [2.45, 2.75) is 12.8 Å². The number of fused-ring (bicyclic) bond motifs is 1. The summed E-state index contributed by atoms with van der Waals surface area (Å²) < 4.78 is 5.78. The highest BCUT2D eigenvalue weighted by atomic mass is 16.5. The molecule has 0 radical (unpaired) electrons. The van der Waals surface area contributed by atoms with Gasteiger partial charge < -0.3 is 9.64 Å². The first kappa shape index (κ1) is 12.9. The fourth-order valence-electron chi connectivity index (χ4n) is 1.98. The van der Waals surface area contributed by atoms with Crippen LogP contribution in [0.15, 0.2) is 42.5 Å². The Bertz CT molecular complexity index is 493. The van der Waals surface area contributed by atoms with Crippen molar-refractivity contribution < 1.29 is 4.74 Å². The van der Waals surface area contributed by atoms with Gasteiger partial charge in [-0.3, -0.25) is 0 Å². The molecule has 2 aromatic rings. The summed E-state index contributed by atoms with van der Waals surface area (Å²) in [6.45, 7) is 1.92. The van der Waals surface area contributed by atoms with Crippen molar-refractivity contribution in [3.05, 3.63) is 42.5 Å². The molecule has 18 heavy (non-hydrogen) atoms. The van der Waals surface area contributed by atoms with E-state index in [4.69, 9.17) is 4.74 Å². The van der Waals surface area contributed by atoms with E-state index >= 15 is 0 Å². The molecule has 0 saturated carbocycles. The monoisotopic (exact) mass is 243 g/mol. The molecule has 0 aromatic heterocycles. The van der Waals surface area contributed by atoms with Crippen molar-refractivity contribution in [1.82, 2.24) is 4.90 Å². The summed E-state index contributed by atoms with van der Waals surface area (Å²) in [4.78, 5) is 2.20. The van der Waals surface area contributed by atoms with E-state index in [1.54, 1.807) is 0 Å². The molecule has 0 aliphatic heterocycles. The molecule has 0 heterocycles. The lowest BCUT2D eigenvalue weighted by molar-refractivity contribution is 0.293. The van der Waals surface area contributed by atoms with Crippen LogP contribution in [0.2, 0.25) is 0 Å². The van der Waals surface area contributed by atoms with Gasteiger partial charge in [-0.2, -0.15) is 0 Å². The molecule has 0 amide bonds.